The molecule has 0 atom stereocenters. The van der Waals surface area contributed by atoms with E-state index in [1.807, 2.05) is 36.4 Å². The molecule has 0 bridgehead atoms. The van der Waals surface area contributed by atoms with Crippen LogP contribution in [0, 0.1) is 0 Å². The third-order valence-corrected chi connectivity index (χ3v) is 4.31. The minimum atomic E-state index is 0.582. The SMILES string of the molecule is Clc1cccc(Cl)c1CNc1ccc(Br)cc1Br. The lowest BCUT2D eigenvalue weighted by molar-refractivity contribution is 1.15. The van der Waals surface area contributed by atoms with Gasteiger partial charge in [-0.2, -0.15) is 0 Å². The highest BCUT2D eigenvalue weighted by Gasteiger charge is 2.06. The predicted octanol–water partition coefficient (Wildman–Crippen LogP) is 6.13. The standard InChI is InChI=1S/C13H9Br2Cl2N/c14-8-4-5-13(10(15)6-8)18-7-9-11(16)2-1-3-12(9)17/h1-6,18H,7H2. The van der Waals surface area contributed by atoms with E-state index in [1.54, 1.807) is 0 Å². The normalized spacial score (nSPS) is 10.4. The van der Waals surface area contributed by atoms with E-state index in [9.17, 15) is 0 Å². The van der Waals surface area contributed by atoms with Crippen LogP contribution in [0.1, 0.15) is 5.56 Å². The molecule has 0 aromatic heterocycles. The first-order valence-corrected chi connectivity index (χ1v) is 7.54. The van der Waals surface area contributed by atoms with Crippen molar-refractivity contribution in [3.8, 4) is 0 Å². The Morgan fingerprint density at radius 3 is 2.28 bits per heavy atom. The summed E-state index contributed by atoms with van der Waals surface area (Å²) < 4.78 is 2.01. The van der Waals surface area contributed by atoms with Crippen LogP contribution in [-0.2, 0) is 6.54 Å². The van der Waals surface area contributed by atoms with Crippen molar-refractivity contribution in [1.82, 2.24) is 0 Å². The van der Waals surface area contributed by atoms with Crippen LogP contribution in [0.5, 0.6) is 0 Å². The van der Waals surface area contributed by atoms with E-state index in [0.29, 0.717) is 16.6 Å². The molecule has 0 radical (unpaired) electrons. The molecule has 18 heavy (non-hydrogen) atoms. The van der Waals surface area contributed by atoms with Crippen molar-refractivity contribution in [1.29, 1.82) is 0 Å². The lowest BCUT2D eigenvalue weighted by atomic mass is 10.2. The Hall–Kier alpha value is -0.220. The molecule has 0 aliphatic rings. The highest BCUT2D eigenvalue weighted by atomic mass is 79.9. The average Bonchev–Trinajstić information content (AvgIpc) is 2.31. The van der Waals surface area contributed by atoms with Crippen LogP contribution >= 0.6 is 55.1 Å². The van der Waals surface area contributed by atoms with Gasteiger partial charge in [0.1, 0.15) is 0 Å². The molecule has 1 N–H and O–H groups in total. The number of halogens is 4. The van der Waals surface area contributed by atoms with Crippen molar-refractivity contribution in [3.63, 3.8) is 0 Å². The third kappa shape index (κ3) is 3.41. The molecule has 1 nitrogen and oxygen atoms in total. The topological polar surface area (TPSA) is 12.0 Å². The van der Waals surface area contributed by atoms with Gasteiger partial charge in [-0.15, -0.1) is 0 Å². The zero-order valence-electron chi connectivity index (χ0n) is 9.18. The van der Waals surface area contributed by atoms with E-state index < -0.39 is 0 Å². The summed E-state index contributed by atoms with van der Waals surface area (Å²) >= 11 is 19.1. The number of nitrogens with one attached hydrogen (secondary N) is 1. The smallest absolute Gasteiger partial charge is 0.0488 e. The summed E-state index contributed by atoms with van der Waals surface area (Å²) in [5.41, 5.74) is 1.89. The van der Waals surface area contributed by atoms with Gasteiger partial charge in [-0.25, -0.2) is 0 Å². The maximum atomic E-state index is 6.12. The van der Waals surface area contributed by atoms with Crippen LogP contribution in [0.2, 0.25) is 10.0 Å². The Labute approximate surface area is 133 Å². The minimum absolute atomic E-state index is 0.582. The molecule has 0 saturated carbocycles. The average molecular weight is 410 g/mol. The van der Waals surface area contributed by atoms with Crippen molar-refractivity contribution in [2.24, 2.45) is 0 Å². The summed E-state index contributed by atoms with van der Waals surface area (Å²) in [6.07, 6.45) is 0. The van der Waals surface area contributed by atoms with Crippen molar-refractivity contribution < 1.29 is 0 Å². The Bertz CT molecular complexity index is 553. The second-order valence-corrected chi connectivity index (χ2v) is 6.26. The van der Waals surface area contributed by atoms with Crippen molar-refractivity contribution in [2.75, 3.05) is 5.32 Å². The second-order valence-electron chi connectivity index (χ2n) is 3.68. The quantitative estimate of drug-likeness (QED) is 0.642. The van der Waals surface area contributed by atoms with E-state index in [-0.39, 0.29) is 0 Å². The van der Waals surface area contributed by atoms with Crippen molar-refractivity contribution >= 4 is 60.7 Å². The van der Waals surface area contributed by atoms with Gasteiger partial charge in [-0.1, -0.05) is 45.2 Å². The number of rotatable bonds is 3. The predicted molar refractivity (Wildman–Crippen MR) is 85.6 cm³/mol. The summed E-state index contributed by atoms with van der Waals surface area (Å²) in [5, 5.41) is 4.64. The molecule has 0 aliphatic heterocycles. The fourth-order valence-corrected chi connectivity index (χ4v) is 3.24. The van der Waals surface area contributed by atoms with E-state index in [0.717, 1.165) is 20.2 Å². The molecule has 2 rings (SSSR count). The largest absolute Gasteiger partial charge is 0.380 e. The Morgan fingerprint density at radius 1 is 1.00 bits per heavy atom. The summed E-state index contributed by atoms with van der Waals surface area (Å²) in [5.74, 6) is 0. The number of anilines is 1. The molecular formula is C13H9Br2Cl2N. The summed E-state index contributed by atoms with van der Waals surface area (Å²) in [7, 11) is 0. The van der Waals surface area contributed by atoms with Gasteiger partial charge in [0.2, 0.25) is 0 Å². The zero-order valence-corrected chi connectivity index (χ0v) is 13.9. The van der Waals surface area contributed by atoms with Crippen LogP contribution in [-0.4, -0.2) is 0 Å². The van der Waals surface area contributed by atoms with Gasteiger partial charge in [0.15, 0.2) is 0 Å². The summed E-state index contributed by atoms with van der Waals surface area (Å²) in [6, 6.07) is 11.4. The van der Waals surface area contributed by atoms with E-state index in [2.05, 4.69) is 37.2 Å². The van der Waals surface area contributed by atoms with Crippen LogP contribution in [0.4, 0.5) is 5.69 Å². The fourth-order valence-electron chi connectivity index (χ4n) is 1.52. The van der Waals surface area contributed by atoms with Gasteiger partial charge in [0.25, 0.3) is 0 Å². The molecule has 0 unspecified atom stereocenters. The van der Waals surface area contributed by atoms with Gasteiger partial charge >= 0.3 is 0 Å². The van der Waals surface area contributed by atoms with E-state index in [1.165, 1.54) is 0 Å². The van der Waals surface area contributed by atoms with Gasteiger partial charge < -0.3 is 5.32 Å². The summed E-state index contributed by atoms with van der Waals surface area (Å²) in [4.78, 5) is 0. The Balaban J connectivity index is 2.16. The molecule has 0 spiro atoms. The minimum Gasteiger partial charge on any atom is -0.380 e. The molecule has 5 heteroatoms. The van der Waals surface area contributed by atoms with Gasteiger partial charge in [0, 0.05) is 36.8 Å². The van der Waals surface area contributed by atoms with Crippen molar-refractivity contribution in [3.05, 3.63) is 61.0 Å². The lowest BCUT2D eigenvalue weighted by Gasteiger charge is -2.11. The number of hydrogen-bond acceptors (Lipinski definition) is 1. The first-order chi connectivity index (χ1) is 8.58. The molecule has 94 valence electrons. The highest BCUT2D eigenvalue weighted by molar-refractivity contribution is 9.11. The summed E-state index contributed by atoms with van der Waals surface area (Å²) in [6.45, 7) is 0.582. The molecule has 2 aromatic rings. The molecule has 0 aliphatic carbocycles. The van der Waals surface area contributed by atoms with Crippen LogP contribution in [0.15, 0.2) is 45.3 Å². The van der Waals surface area contributed by atoms with Gasteiger partial charge in [0.05, 0.1) is 0 Å². The third-order valence-electron chi connectivity index (χ3n) is 2.45. The number of hydrogen-bond donors (Lipinski definition) is 1. The molecule has 2 aromatic carbocycles. The highest BCUT2D eigenvalue weighted by Crippen LogP contribution is 2.29. The molecule has 0 saturated heterocycles. The zero-order chi connectivity index (χ0) is 13.1. The molecular weight excluding hydrogens is 401 g/mol. The van der Waals surface area contributed by atoms with E-state index in [4.69, 9.17) is 23.2 Å². The maximum Gasteiger partial charge on any atom is 0.0488 e. The fraction of sp³-hybridized carbons (Fsp3) is 0.0769. The first-order valence-electron chi connectivity index (χ1n) is 5.20. The lowest BCUT2D eigenvalue weighted by Crippen LogP contribution is -2.01. The number of benzene rings is 2. The second kappa shape index (κ2) is 6.29. The van der Waals surface area contributed by atoms with Crippen LogP contribution in [0.25, 0.3) is 0 Å². The molecule has 0 amide bonds. The first kappa shape index (κ1) is 14.2. The van der Waals surface area contributed by atoms with Gasteiger partial charge in [-0.05, 0) is 46.3 Å². The molecule has 0 heterocycles. The van der Waals surface area contributed by atoms with Crippen LogP contribution < -0.4 is 5.32 Å². The van der Waals surface area contributed by atoms with Crippen molar-refractivity contribution in [2.45, 2.75) is 6.54 Å². The van der Waals surface area contributed by atoms with E-state index >= 15 is 0 Å². The van der Waals surface area contributed by atoms with Gasteiger partial charge in [-0.3, -0.25) is 0 Å². The Kier molecular flexibility index (Phi) is 4.96. The monoisotopic (exact) mass is 407 g/mol. The Morgan fingerprint density at radius 2 is 1.67 bits per heavy atom. The van der Waals surface area contributed by atoms with Crippen LogP contribution in [0.3, 0.4) is 0 Å². The maximum absolute atomic E-state index is 6.12. The molecule has 0 fully saturated rings.